The van der Waals surface area contributed by atoms with Gasteiger partial charge in [-0.2, -0.15) is 0 Å². The summed E-state index contributed by atoms with van der Waals surface area (Å²) in [5.74, 6) is 0.593. The zero-order valence-corrected chi connectivity index (χ0v) is 13.4. The van der Waals surface area contributed by atoms with Crippen molar-refractivity contribution in [3.05, 3.63) is 40.2 Å². The standard InChI is InChI=1S/C14H19BrN4O/c1-4-16-10(3)13-18-19-14(20-13)17-9(2)11-6-5-7-12(15)8-11/h5-10,16H,4H2,1-3H3,(H,17,19). The molecule has 0 saturated heterocycles. The zero-order valence-electron chi connectivity index (χ0n) is 11.9. The number of halogens is 1. The Balaban J connectivity index is 2.03. The third kappa shape index (κ3) is 3.80. The molecule has 6 heteroatoms. The smallest absolute Gasteiger partial charge is 0.315 e. The summed E-state index contributed by atoms with van der Waals surface area (Å²) in [5, 5.41) is 14.5. The van der Waals surface area contributed by atoms with Crippen molar-refractivity contribution in [2.45, 2.75) is 32.9 Å². The molecule has 2 N–H and O–H groups in total. The van der Waals surface area contributed by atoms with Crippen LogP contribution in [0.1, 0.15) is 44.3 Å². The highest BCUT2D eigenvalue weighted by molar-refractivity contribution is 9.10. The first kappa shape index (κ1) is 15.0. The number of benzene rings is 1. The van der Waals surface area contributed by atoms with Crippen LogP contribution in [0.15, 0.2) is 33.2 Å². The topological polar surface area (TPSA) is 63.0 Å². The lowest BCUT2D eigenvalue weighted by Crippen LogP contribution is -2.17. The van der Waals surface area contributed by atoms with Gasteiger partial charge >= 0.3 is 6.01 Å². The van der Waals surface area contributed by atoms with Crippen molar-refractivity contribution in [3.8, 4) is 0 Å². The van der Waals surface area contributed by atoms with Gasteiger partial charge < -0.3 is 15.1 Å². The van der Waals surface area contributed by atoms with Crippen molar-refractivity contribution in [2.24, 2.45) is 0 Å². The maximum atomic E-state index is 5.61. The Labute approximate surface area is 127 Å². The van der Waals surface area contributed by atoms with Crippen molar-refractivity contribution in [1.29, 1.82) is 0 Å². The van der Waals surface area contributed by atoms with E-state index < -0.39 is 0 Å². The van der Waals surface area contributed by atoms with E-state index in [2.05, 4.69) is 55.8 Å². The van der Waals surface area contributed by atoms with Gasteiger partial charge in [0.15, 0.2) is 0 Å². The van der Waals surface area contributed by atoms with Crippen LogP contribution < -0.4 is 10.6 Å². The maximum Gasteiger partial charge on any atom is 0.315 e. The Hall–Kier alpha value is -1.40. The van der Waals surface area contributed by atoms with Crippen LogP contribution in [-0.2, 0) is 0 Å². The summed E-state index contributed by atoms with van der Waals surface area (Å²) in [5.41, 5.74) is 1.15. The van der Waals surface area contributed by atoms with Crippen molar-refractivity contribution < 1.29 is 4.42 Å². The largest absolute Gasteiger partial charge is 0.406 e. The summed E-state index contributed by atoms with van der Waals surface area (Å²) in [6.07, 6.45) is 0. The van der Waals surface area contributed by atoms with E-state index in [-0.39, 0.29) is 12.1 Å². The molecule has 1 heterocycles. The minimum absolute atomic E-state index is 0.0595. The Bertz CT molecular complexity index is 558. The summed E-state index contributed by atoms with van der Waals surface area (Å²) >= 11 is 3.47. The second-order valence-corrected chi connectivity index (χ2v) is 5.56. The molecule has 0 fully saturated rings. The van der Waals surface area contributed by atoms with E-state index >= 15 is 0 Å². The number of nitrogens with one attached hydrogen (secondary N) is 2. The SMILES string of the molecule is CCNC(C)c1nnc(NC(C)c2cccc(Br)c2)o1. The van der Waals surface area contributed by atoms with E-state index in [0.717, 1.165) is 16.6 Å². The monoisotopic (exact) mass is 338 g/mol. The first-order valence-electron chi connectivity index (χ1n) is 6.69. The molecule has 2 atom stereocenters. The number of hydrogen-bond acceptors (Lipinski definition) is 5. The molecule has 0 aliphatic carbocycles. The highest BCUT2D eigenvalue weighted by Crippen LogP contribution is 2.22. The second kappa shape index (κ2) is 6.85. The maximum absolute atomic E-state index is 5.61. The fourth-order valence-electron chi connectivity index (χ4n) is 1.91. The first-order chi connectivity index (χ1) is 9.60. The molecular formula is C14H19BrN4O. The number of hydrogen-bond donors (Lipinski definition) is 2. The van der Waals surface area contributed by atoms with Crippen LogP contribution in [0.5, 0.6) is 0 Å². The van der Waals surface area contributed by atoms with Crippen molar-refractivity contribution in [1.82, 2.24) is 15.5 Å². The fourth-order valence-corrected chi connectivity index (χ4v) is 2.32. The van der Waals surface area contributed by atoms with Crippen LogP contribution in [0.25, 0.3) is 0 Å². The Morgan fingerprint density at radius 2 is 2.05 bits per heavy atom. The van der Waals surface area contributed by atoms with Crippen molar-refractivity contribution in [3.63, 3.8) is 0 Å². The van der Waals surface area contributed by atoms with Crippen LogP contribution >= 0.6 is 15.9 Å². The number of anilines is 1. The Kier molecular flexibility index (Phi) is 5.14. The van der Waals surface area contributed by atoms with Crippen LogP contribution in [-0.4, -0.2) is 16.7 Å². The van der Waals surface area contributed by atoms with Gasteiger partial charge in [-0.05, 0) is 38.1 Å². The molecule has 2 aromatic rings. The van der Waals surface area contributed by atoms with E-state index in [9.17, 15) is 0 Å². The summed E-state index contributed by atoms with van der Waals surface area (Å²) < 4.78 is 6.66. The molecule has 5 nitrogen and oxygen atoms in total. The minimum Gasteiger partial charge on any atom is -0.406 e. The predicted molar refractivity (Wildman–Crippen MR) is 82.6 cm³/mol. The molecule has 2 rings (SSSR count). The molecule has 2 unspecified atom stereocenters. The highest BCUT2D eigenvalue weighted by Gasteiger charge is 2.14. The van der Waals surface area contributed by atoms with Gasteiger partial charge in [-0.3, -0.25) is 0 Å². The quantitative estimate of drug-likeness (QED) is 0.841. The lowest BCUT2D eigenvalue weighted by molar-refractivity contribution is 0.427. The Morgan fingerprint density at radius 3 is 2.75 bits per heavy atom. The van der Waals surface area contributed by atoms with E-state index in [1.165, 1.54) is 0 Å². The van der Waals surface area contributed by atoms with E-state index in [4.69, 9.17) is 4.42 Å². The predicted octanol–water partition coefficient (Wildman–Crippen LogP) is 3.68. The molecule has 0 aliphatic heterocycles. The van der Waals surface area contributed by atoms with Crippen LogP contribution in [0.2, 0.25) is 0 Å². The number of nitrogens with zero attached hydrogens (tertiary/aromatic N) is 2. The van der Waals surface area contributed by atoms with Crippen molar-refractivity contribution >= 4 is 21.9 Å². The van der Waals surface area contributed by atoms with Gasteiger partial charge in [0.1, 0.15) is 0 Å². The average Bonchev–Trinajstić information content (AvgIpc) is 2.87. The molecule has 0 amide bonds. The minimum atomic E-state index is 0.0595. The molecular weight excluding hydrogens is 320 g/mol. The third-order valence-electron chi connectivity index (χ3n) is 3.01. The van der Waals surface area contributed by atoms with Gasteiger partial charge in [0.25, 0.3) is 0 Å². The fraction of sp³-hybridized carbons (Fsp3) is 0.429. The number of aromatic nitrogens is 2. The van der Waals surface area contributed by atoms with Gasteiger partial charge in [-0.15, -0.1) is 5.10 Å². The molecule has 0 aliphatic rings. The average molecular weight is 339 g/mol. The molecule has 1 aromatic heterocycles. The van der Waals surface area contributed by atoms with Gasteiger partial charge in [-0.25, -0.2) is 0 Å². The van der Waals surface area contributed by atoms with Gasteiger partial charge in [-0.1, -0.05) is 40.1 Å². The summed E-state index contributed by atoms with van der Waals surface area (Å²) in [6.45, 7) is 6.96. The van der Waals surface area contributed by atoms with E-state index in [1.54, 1.807) is 0 Å². The first-order valence-corrected chi connectivity index (χ1v) is 7.48. The van der Waals surface area contributed by atoms with E-state index in [1.807, 2.05) is 26.0 Å². The Morgan fingerprint density at radius 1 is 1.25 bits per heavy atom. The van der Waals surface area contributed by atoms with Crippen molar-refractivity contribution in [2.75, 3.05) is 11.9 Å². The molecule has 0 spiro atoms. The molecule has 0 saturated carbocycles. The van der Waals surface area contributed by atoms with Gasteiger partial charge in [0.2, 0.25) is 5.89 Å². The lowest BCUT2D eigenvalue weighted by atomic mass is 10.1. The summed E-state index contributed by atoms with van der Waals surface area (Å²) in [4.78, 5) is 0. The molecule has 0 radical (unpaired) electrons. The molecule has 20 heavy (non-hydrogen) atoms. The lowest BCUT2D eigenvalue weighted by Gasteiger charge is -2.12. The highest BCUT2D eigenvalue weighted by atomic mass is 79.9. The molecule has 108 valence electrons. The number of rotatable bonds is 6. The van der Waals surface area contributed by atoms with Crippen LogP contribution in [0, 0.1) is 0 Å². The third-order valence-corrected chi connectivity index (χ3v) is 3.50. The van der Waals surface area contributed by atoms with Gasteiger partial charge in [0.05, 0.1) is 12.1 Å². The summed E-state index contributed by atoms with van der Waals surface area (Å²) in [7, 11) is 0. The van der Waals surface area contributed by atoms with Crippen LogP contribution in [0.4, 0.5) is 6.01 Å². The van der Waals surface area contributed by atoms with E-state index in [0.29, 0.717) is 11.9 Å². The second-order valence-electron chi connectivity index (χ2n) is 4.65. The molecule has 0 bridgehead atoms. The van der Waals surface area contributed by atoms with Crippen LogP contribution in [0.3, 0.4) is 0 Å². The zero-order chi connectivity index (χ0) is 14.5. The normalized spacial score (nSPS) is 14.0. The van der Waals surface area contributed by atoms with Gasteiger partial charge in [0, 0.05) is 4.47 Å². The molecule has 1 aromatic carbocycles. The summed E-state index contributed by atoms with van der Waals surface area (Å²) in [6, 6.07) is 8.72.